The molecule has 1 aliphatic rings. The van der Waals surface area contributed by atoms with E-state index in [4.69, 9.17) is 5.11 Å². The summed E-state index contributed by atoms with van der Waals surface area (Å²) in [6.07, 6.45) is 3.26. The zero-order chi connectivity index (χ0) is 17.1. The predicted octanol–water partition coefficient (Wildman–Crippen LogP) is 3.35. The average molecular weight is 344 g/mol. The van der Waals surface area contributed by atoms with E-state index in [9.17, 15) is 9.59 Å². The Hall–Kier alpha value is -2.21. The number of aromatic nitrogens is 1. The summed E-state index contributed by atoms with van der Waals surface area (Å²) in [5.74, 6) is -0.415. The third-order valence-electron chi connectivity index (χ3n) is 4.15. The molecule has 1 atom stereocenters. The molecule has 0 spiro atoms. The normalized spacial score (nSPS) is 15.0. The number of aryl methyl sites for hydroxylation is 2. The highest BCUT2D eigenvalue weighted by atomic mass is 32.1. The molecule has 1 fully saturated rings. The maximum absolute atomic E-state index is 12.3. The van der Waals surface area contributed by atoms with Crippen molar-refractivity contribution >= 4 is 23.2 Å². The van der Waals surface area contributed by atoms with E-state index in [0.717, 1.165) is 29.1 Å². The third kappa shape index (κ3) is 4.20. The Kier molecular flexibility index (Phi) is 4.94. The highest BCUT2D eigenvalue weighted by molar-refractivity contribution is 7.09. The highest BCUT2D eigenvalue weighted by Crippen LogP contribution is 2.41. The predicted molar refractivity (Wildman–Crippen MR) is 92.2 cm³/mol. The summed E-state index contributed by atoms with van der Waals surface area (Å²) >= 11 is 1.61. The van der Waals surface area contributed by atoms with Crippen molar-refractivity contribution in [3.05, 3.63) is 51.5 Å². The first kappa shape index (κ1) is 16.6. The number of hydrogen-bond acceptors (Lipinski definition) is 4. The van der Waals surface area contributed by atoms with Crippen LogP contribution in [0.1, 0.15) is 51.9 Å². The quantitative estimate of drug-likeness (QED) is 0.807. The molecule has 0 bridgehead atoms. The van der Waals surface area contributed by atoms with Crippen LogP contribution in [0.25, 0.3) is 0 Å². The van der Waals surface area contributed by atoms with Gasteiger partial charge in [-0.2, -0.15) is 0 Å². The Morgan fingerprint density at radius 1 is 1.33 bits per heavy atom. The van der Waals surface area contributed by atoms with Crippen molar-refractivity contribution in [1.29, 1.82) is 0 Å². The molecule has 1 aromatic carbocycles. The van der Waals surface area contributed by atoms with E-state index in [0.29, 0.717) is 18.8 Å². The third-order valence-corrected chi connectivity index (χ3v) is 5.20. The number of carbonyl (C=O) groups is 2. The summed E-state index contributed by atoms with van der Waals surface area (Å²) in [6.45, 7) is 1.96. The van der Waals surface area contributed by atoms with Crippen molar-refractivity contribution in [3.63, 3.8) is 0 Å². The van der Waals surface area contributed by atoms with Crippen LogP contribution >= 0.6 is 11.3 Å². The van der Waals surface area contributed by atoms with Gasteiger partial charge in [-0.25, -0.2) is 9.78 Å². The number of carbonyl (C=O) groups excluding carboxylic acids is 1. The molecular formula is C18H20N2O3S. The molecule has 1 amide bonds. The van der Waals surface area contributed by atoms with Gasteiger partial charge in [0, 0.05) is 17.5 Å². The average Bonchev–Trinajstić information content (AvgIpc) is 3.32. The largest absolute Gasteiger partial charge is 0.478 e. The number of thiazole rings is 1. The monoisotopic (exact) mass is 344 g/mol. The fraction of sp³-hybridized carbons (Fsp3) is 0.389. The second kappa shape index (κ2) is 7.13. The van der Waals surface area contributed by atoms with E-state index in [1.807, 2.05) is 12.3 Å². The van der Waals surface area contributed by atoms with E-state index >= 15 is 0 Å². The van der Waals surface area contributed by atoms with Crippen molar-refractivity contribution in [2.24, 2.45) is 5.92 Å². The van der Waals surface area contributed by atoms with Crippen LogP contribution in [0.2, 0.25) is 0 Å². The lowest BCUT2D eigenvalue weighted by molar-refractivity contribution is -0.122. The minimum Gasteiger partial charge on any atom is -0.478 e. The van der Waals surface area contributed by atoms with Gasteiger partial charge in [-0.1, -0.05) is 12.1 Å². The molecule has 1 aliphatic carbocycles. The SMILES string of the molecule is Cc1csc(C(NC(=O)CCc2ccc(C(=O)O)cc2)C2CC2)n1. The van der Waals surface area contributed by atoms with Gasteiger partial charge < -0.3 is 10.4 Å². The first-order valence-corrected chi connectivity index (χ1v) is 8.94. The summed E-state index contributed by atoms with van der Waals surface area (Å²) < 4.78 is 0. The van der Waals surface area contributed by atoms with E-state index in [2.05, 4.69) is 10.3 Å². The Morgan fingerprint density at radius 3 is 2.58 bits per heavy atom. The minimum atomic E-state index is -0.940. The van der Waals surface area contributed by atoms with Crippen molar-refractivity contribution in [3.8, 4) is 0 Å². The Morgan fingerprint density at radius 2 is 2.04 bits per heavy atom. The molecule has 1 heterocycles. The standard InChI is InChI=1S/C18H20N2O3S/c1-11-10-24-17(19-11)16(13-7-8-13)20-15(21)9-4-12-2-5-14(6-3-12)18(22)23/h2-3,5-6,10,13,16H,4,7-9H2,1H3,(H,20,21)(H,22,23). The van der Waals surface area contributed by atoms with E-state index in [-0.39, 0.29) is 17.5 Å². The molecule has 2 aromatic rings. The van der Waals surface area contributed by atoms with E-state index in [1.54, 1.807) is 35.6 Å². The molecule has 5 nitrogen and oxygen atoms in total. The van der Waals surface area contributed by atoms with Gasteiger partial charge in [0.25, 0.3) is 0 Å². The lowest BCUT2D eigenvalue weighted by atomic mass is 10.1. The van der Waals surface area contributed by atoms with Crippen molar-refractivity contribution < 1.29 is 14.7 Å². The van der Waals surface area contributed by atoms with Crippen molar-refractivity contribution in [2.75, 3.05) is 0 Å². The molecule has 0 radical (unpaired) electrons. The van der Waals surface area contributed by atoms with Gasteiger partial charge in [-0.05, 0) is 49.8 Å². The maximum Gasteiger partial charge on any atom is 0.335 e. The fourth-order valence-corrected chi connectivity index (χ4v) is 3.58. The summed E-state index contributed by atoms with van der Waals surface area (Å²) in [4.78, 5) is 27.6. The number of amides is 1. The Labute approximate surface area is 144 Å². The number of hydrogen-bond donors (Lipinski definition) is 2. The van der Waals surface area contributed by atoms with Crippen LogP contribution in [0.3, 0.4) is 0 Å². The van der Waals surface area contributed by atoms with Crippen LogP contribution in [-0.2, 0) is 11.2 Å². The second-order valence-corrected chi connectivity index (χ2v) is 7.10. The highest BCUT2D eigenvalue weighted by Gasteiger charge is 2.35. The molecule has 126 valence electrons. The van der Waals surface area contributed by atoms with Gasteiger partial charge >= 0.3 is 5.97 Å². The molecule has 0 aliphatic heterocycles. The van der Waals surface area contributed by atoms with E-state index in [1.165, 1.54) is 0 Å². The van der Waals surface area contributed by atoms with Crippen LogP contribution < -0.4 is 5.32 Å². The number of carboxylic acids is 1. The maximum atomic E-state index is 12.3. The lowest BCUT2D eigenvalue weighted by Crippen LogP contribution is -2.30. The molecule has 2 N–H and O–H groups in total. The van der Waals surface area contributed by atoms with Crippen LogP contribution in [-0.4, -0.2) is 22.0 Å². The molecule has 3 rings (SSSR count). The first-order chi connectivity index (χ1) is 11.5. The molecule has 0 saturated heterocycles. The number of carboxylic acid groups (broad SMARTS) is 1. The fourth-order valence-electron chi connectivity index (χ4n) is 2.64. The number of nitrogens with one attached hydrogen (secondary N) is 1. The number of nitrogens with zero attached hydrogens (tertiary/aromatic N) is 1. The summed E-state index contributed by atoms with van der Waals surface area (Å²) in [5.41, 5.74) is 2.22. The van der Waals surface area contributed by atoms with Gasteiger partial charge in [0.1, 0.15) is 5.01 Å². The van der Waals surface area contributed by atoms with E-state index < -0.39 is 5.97 Å². The molecule has 1 unspecified atom stereocenters. The Bertz CT molecular complexity index is 735. The number of benzene rings is 1. The molecule has 1 saturated carbocycles. The molecule has 1 aromatic heterocycles. The summed E-state index contributed by atoms with van der Waals surface area (Å²) in [6, 6.07) is 6.70. The second-order valence-electron chi connectivity index (χ2n) is 6.21. The lowest BCUT2D eigenvalue weighted by Gasteiger charge is -2.16. The minimum absolute atomic E-state index is 0.0158. The van der Waals surface area contributed by atoms with Gasteiger partial charge in [-0.15, -0.1) is 11.3 Å². The first-order valence-electron chi connectivity index (χ1n) is 8.06. The van der Waals surface area contributed by atoms with Gasteiger partial charge in [0.15, 0.2) is 0 Å². The van der Waals surface area contributed by atoms with Crippen LogP contribution in [0.15, 0.2) is 29.6 Å². The molecular weight excluding hydrogens is 324 g/mol. The zero-order valence-corrected chi connectivity index (χ0v) is 14.3. The topological polar surface area (TPSA) is 79.3 Å². The molecule has 6 heteroatoms. The Balaban J connectivity index is 1.55. The van der Waals surface area contributed by atoms with Gasteiger partial charge in [0.05, 0.1) is 11.6 Å². The van der Waals surface area contributed by atoms with Crippen molar-refractivity contribution in [2.45, 2.75) is 38.6 Å². The van der Waals surface area contributed by atoms with Gasteiger partial charge in [0.2, 0.25) is 5.91 Å². The van der Waals surface area contributed by atoms with Crippen LogP contribution in [0.4, 0.5) is 0 Å². The molecule has 24 heavy (non-hydrogen) atoms. The van der Waals surface area contributed by atoms with Crippen LogP contribution in [0, 0.1) is 12.8 Å². The zero-order valence-electron chi connectivity index (χ0n) is 13.5. The van der Waals surface area contributed by atoms with Crippen LogP contribution in [0.5, 0.6) is 0 Å². The number of rotatable bonds is 7. The summed E-state index contributed by atoms with van der Waals surface area (Å²) in [5, 5.41) is 15.0. The number of aromatic carboxylic acids is 1. The smallest absolute Gasteiger partial charge is 0.335 e. The van der Waals surface area contributed by atoms with Crippen molar-refractivity contribution in [1.82, 2.24) is 10.3 Å². The van der Waals surface area contributed by atoms with Gasteiger partial charge in [-0.3, -0.25) is 4.79 Å². The summed E-state index contributed by atoms with van der Waals surface area (Å²) in [7, 11) is 0.